The Morgan fingerprint density at radius 2 is 1.87 bits per heavy atom. The number of nitrogens with zero attached hydrogens (tertiary/aromatic N) is 3. The smallest absolute Gasteiger partial charge is 0.283 e. The minimum absolute atomic E-state index is 0.0687. The van der Waals surface area contributed by atoms with Crippen LogP contribution < -0.4 is 0 Å². The highest BCUT2D eigenvalue weighted by Gasteiger charge is 2.36. The Balaban J connectivity index is 2.66. The van der Waals surface area contributed by atoms with Gasteiger partial charge >= 0.3 is 0 Å². The lowest BCUT2D eigenvalue weighted by Crippen LogP contribution is -2.45. The fourth-order valence-electron chi connectivity index (χ4n) is 3.50. The largest absolute Gasteiger partial charge is 0.329 e. The van der Waals surface area contributed by atoms with Crippen LogP contribution in [0.25, 0.3) is 5.57 Å². The number of alkyl halides is 2. The highest BCUT2D eigenvalue weighted by Crippen LogP contribution is 2.35. The number of aromatic nitrogens is 2. The summed E-state index contributed by atoms with van der Waals surface area (Å²) in [6.07, 6.45) is -2.69. The van der Waals surface area contributed by atoms with Gasteiger partial charge in [0.25, 0.3) is 12.3 Å². The van der Waals surface area contributed by atoms with Crippen LogP contribution in [0.4, 0.5) is 17.6 Å². The molecule has 2 unspecified atom stereocenters. The van der Waals surface area contributed by atoms with E-state index in [0.717, 1.165) is 13.1 Å². The van der Waals surface area contributed by atoms with Gasteiger partial charge in [-0.15, -0.1) is 0 Å². The molecule has 0 N–H and O–H groups in total. The molecule has 170 valence electrons. The van der Waals surface area contributed by atoms with Crippen molar-refractivity contribution in [2.45, 2.75) is 52.6 Å². The van der Waals surface area contributed by atoms with Gasteiger partial charge in [-0.25, -0.2) is 17.9 Å². The lowest BCUT2D eigenvalue weighted by molar-refractivity contribution is 0.0636. The number of allylic oxidation sites excluding steroid dienone is 1. The molecule has 1 aromatic carbocycles. The summed E-state index contributed by atoms with van der Waals surface area (Å²) in [5, 5.41) is 3.80. The van der Waals surface area contributed by atoms with E-state index in [1.807, 2.05) is 0 Å². The third-order valence-electron chi connectivity index (χ3n) is 5.15. The van der Waals surface area contributed by atoms with E-state index in [1.165, 1.54) is 17.0 Å². The number of rotatable bonds is 7. The number of carbonyl (C=O) groups is 1. The standard InChI is InChI=1S/C21H23Cl2F4N3O/c1-6-10(2)30(21(31)17-18(19(25)26)28-29(5)20(17)27)12(4)16(11(3)22)14-8-7-13(24)9-15(14)23/h7-10,12,19H,6H2,1-5H3/b16-11-. The third kappa shape index (κ3) is 5.06. The second-order valence-corrected chi connectivity index (χ2v) is 8.17. The number of benzene rings is 1. The fraction of sp³-hybridized carbons (Fsp3) is 0.429. The quantitative estimate of drug-likeness (QED) is 0.420. The molecule has 1 aromatic heterocycles. The molecule has 0 fully saturated rings. The normalized spacial score (nSPS) is 14.5. The van der Waals surface area contributed by atoms with E-state index in [4.69, 9.17) is 23.2 Å². The molecular formula is C21H23Cl2F4N3O. The molecule has 0 aliphatic carbocycles. The SMILES string of the molecule is CCC(C)N(C(=O)c1c(C(F)F)nn(C)c1F)C(C)/C(=C(\C)Cl)c1ccc(F)cc1Cl. The fourth-order valence-corrected chi connectivity index (χ4v) is 4.03. The van der Waals surface area contributed by atoms with E-state index >= 15 is 0 Å². The second-order valence-electron chi connectivity index (χ2n) is 7.19. The van der Waals surface area contributed by atoms with Gasteiger partial charge < -0.3 is 4.90 Å². The lowest BCUT2D eigenvalue weighted by atomic mass is 9.95. The van der Waals surface area contributed by atoms with Crippen molar-refractivity contribution in [2.24, 2.45) is 7.05 Å². The van der Waals surface area contributed by atoms with Gasteiger partial charge in [0.1, 0.15) is 17.1 Å². The van der Waals surface area contributed by atoms with Gasteiger partial charge in [-0.1, -0.05) is 36.2 Å². The van der Waals surface area contributed by atoms with Gasteiger partial charge in [-0.05, 0) is 50.5 Å². The molecule has 0 saturated heterocycles. The van der Waals surface area contributed by atoms with E-state index < -0.39 is 47.4 Å². The van der Waals surface area contributed by atoms with Gasteiger partial charge in [-0.3, -0.25) is 4.79 Å². The molecule has 0 spiro atoms. The third-order valence-corrected chi connectivity index (χ3v) is 5.67. The predicted octanol–water partition coefficient (Wildman–Crippen LogP) is 6.59. The maximum absolute atomic E-state index is 14.6. The summed E-state index contributed by atoms with van der Waals surface area (Å²) in [6.45, 7) is 6.70. The summed E-state index contributed by atoms with van der Waals surface area (Å²) >= 11 is 12.5. The topological polar surface area (TPSA) is 38.1 Å². The zero-order chi connectivity index (χ0) is 23.6. The average molecular weight is 480 g/mol. The summed E-state index contributed by atoms with van der Waals surface area (Å²) < 4.78 is 55.7. The molecule has 0 saturated carbocycles. The van der Waals surface area contributed by atoms with Crippen molar-refractivity contribution < 1.29 is 22.4 Å². The first-order chi connectivity index (χ1) is 14.4. The zero-order valence-electron chi connectivity index (χ0n) is 17.7. The molecule has 4 nitrogen and oxygen atoms in total. The summed E-state index contributed by atoms with van der Waals surface area (Å²) in [4.78, 5) is 14.7. The van der Waals surface area contributed by atoms with Crippen molar-refractivity contribution in [1.29, 1.82) is 0 Å². The van der Waals surface area contributed by atoms with Gasteiger partial charge in [0.05, 0.1) is 11.1 Å². The molecule has 0 aliphatic rings. The maximum atomic E-state index is 14.6. The minimum Gasteiger partial charge on any atom is -0.329 e. The summed E-state index contributed by atoms with van der Waals surface area (Å²) in [5.41, 5.74) is -0.951. The van der Waals surface area contributed by atoms with E-state index in [9.17, 15) is 22.4 Å². The van der Waals surface area contributed by atoms with E-state index in [-0.39, 0.29) is 10.1 Å². The van der Waals surface area contributed by atoms with Crippen LogP contribution in [0.2, 0.25) is 5.02 Å². The Morgan fingerprint density at radius 3 is 2.35 bits per heavy atom. The Bertz CT molecular complexity index is 1000. The van der Waals surface area contributed by atoms with Crippen LogP contribution in [0.15, 0.2) is 23.2 Å². The molecule has 2 aromatic rings. The Kier molecular flexibility index (Phi) is 8.16. The molecule has 10 heteroatoms. The van der Waals surface area contributed by atoms with Crippen LogP contribution >= 0.6 is 23.2 Å². The molecule has 1 amide bonds. The maximum Gasteiger partial charge on any atom is 0.283 e. The molecule has 0 radical (unpaired) electrons. The lowest BCUT2D eigenvalue weighted by Gasteiger charge is -2.36. The van der Waals surface area contributed by atoms with Crippen LogP contribution in [0.1, 0.15) is 62.2 Å². The Labute approximate surface area is 188 Å². The number of halogens is 6. The van der Waals surface area contributed by atoms with Crippen molar-refractivity contribution in [1.82, 2.24) is 14.7 Å². The van der Waals surface area contributed by atoms with Gasteiger partial charge in [0, 0.05) is 18.1 Å². The molecule has 31 heavy (non-hydrogen) atoms. The van der Waals surface area contributed by atoms with E-state index in [0.29, 0.717) is 22.2 Å². The van der Waals surface area contributed by atoms with Crippen LogP contribution in [-0.2, 0) is 7.05 Å². The second kappa shape index (κ2) is 10.0. The first-order valence-corrected chi connectivity index (χ1v) is 10.3. The minimum atomic E-state index is -3.14. The van der Waals surface area contributed by atoms with Crippen molar-refractivity contribution in [3.63, 3.8) is 0 Å². The highest BCUT2D eigenvalue weighted by atomic mass is 35.5. The molecular weight excluding hydrogens is 457 g/mol. The number of aryl methyl sites for hydroxylation is 1. The number of amides is 1. The summed E-state index contributed by atoms with van der Waals surface area (Å²) in [6, 6.07) is 2.45. The van der Waals surface area contributed by atoms with E-state index in [1.54, 1.807) is 27.7 Å². The van der Waals surface area contributed by atoms with Crippen LogP contribution in [0.3, 0.4) is 0 Å². The van der Waals surface area contributed by atoms with Crippen LogP contribution in [0.5, 0.6) is 0 Å². The number of carbonyl (C=O) groups excluding carboxylic acids is 1. The van der Waals surface area contributed by atoms with Crippen LogP contribution in [0, 0.1) is 11.8 Å². The summed E-state index contributed by atoms with van der Waals surface area (Å²) in [7, 11) is 1.14. The average Bonchev–Trinajstić information content (AvgIpc) is 2.98. The molecule has 0 bridgehead atoms. The Hall–Kier alpha value is -2.06. The zero-order valence-corrected chi connectivity index (χ0v) is 19.2. The molecule has 2 atom stereocenters. The monoisotopic (exact) mass is 479 g/mol. The number of hydrogen-bond acceptors (Lipinski definition) is 2. The van der Waals surface area contributed by atoms with Gasteiger partial charge in [0.15, 0.2) is 0 Å². The summed E-state index contributed by atoms with van der Waals surface area (Å²) in [5.74, 6) is -2.66. The predicted molar refractivity (Wildman–Crippen MR) is 113 cm³/mol. The van der Waals surface area contributed by atoms with E-state index in [2.05, 4.69) is 5.10 Å². The van der Waals surface area contributed by atoms with Crippen molar-refractivity contribution in [2.75, 3.05) is 0 Å². The first kappa shape index (κ1) is 25.2. The molecule has 0 aliphatic heterocycles. The van der Waals surface area contributed by atoms with Gasteiger partial charge in [-0.2, -0.15) is 9.49 Å². The molecule has 1 heterocycles. The van der Waals surface area contributed by atoms with Crippen molar-refractivity contribution in [3.05, 3.63) is 56.8 Å². The molecule has 2 rings (SSSR count). The van der Waals surface area contributed by atoms with Crippen molar-refractivity contribution >= 4 is 34.7 Å². The number of hydrogen-bond donors (Lipinski definition) is 0. The Morgan fingerprint density at radius 1 is 1.26 bits per heavy atom. The highest BCUT2D eigenvalue weighted by molar-refractivity contribution is 6.35. The van der Waals surface area contributed by atoms with Crippen LogP contribution in [-0.4, -0.2) is 32.7 Å². The first-order valence-electron chi connectivity index (χ1n) is 9.57. The van der Waals surface area contributed by atoms with Crippen molar-refractivity contribution in [3.8, 4) is 0 Å². The van der Waals surface area contributed by atoms with Gasteiger partial charge in [0.2, 0.25) is 5.95 Å².